The van der Waals surface area contributed by atoms with Crippen LogP contribution in [0.1, 0.15) is 40.0 Å². The van der Waals surface area contributed by atoms with Crippen LogP contribution in [0, 0.1) is 0 Å². The first-order valence-electron chi connectivity index (χ1n) is 6.51. The molecule has 4 nitrogen and oxygen atoms in total. The highest BCUT2D eigenvalue weighted by atomic mass is 16.5. The summed E-state index contributed by atoms with van der Waals surface area (Å²) >= 11 is 0. The van der Waals surface area contributed by atoms with E-state index in [0.29, 0.717) is 6.04 Å². The molecule has 0 radical (unpaired) electrons. The van der Waals surface area contributed by atoms with Gasteiger partial charge >= 0.3 is 0 Å². The number of rotatable bonds is 5. The second kappa shape index (κ2) is 5.65. The van der Waals surface area contributed by atoms with Gasteiger partial charge in [-0.05, 0) is 46.6 Å². The lowest BCUT2D eigenvalue weighted by atomic mass is 9.90. The van der Waals surface area contributed by atoms with Gasteiger partial charge in [0.15, 0.2) is 0 Å². The third-order valence-corrected chi connectivity index (χ3v) is 3.93. The van der Waals surface area contributed by atoms with E-state index in [4.69, 9.17) is 10.5 Å². The zero-order chi connectivity index (χ0) is 13.1. The van der Waals surface area contributed by atoms with Crippen molar-refractivity contribution in [1.82, 2.24) is 4.90 Å². The molecule has 0 aliphatic carbocycles. The Balaban J connectivity index is 2.55. The molecule has 17 heavy (non-hydrogen) atoms. The third kappa shape index (κ3) is 4.21. The molecule has 1 fully saturated rings. The number of methoxy groups -OCH3 is 1. The molecule has 3 unspecified atom stereocenters. The number of nitrogens with two attached hydrogens (primary N) is 1. The van der Waals surface area contributed by atoms with Crippen molar-refractivity contribution >= 4 is 0 Å². The predicted octanol–water partition coefficient (Wildman–Crippen LogP) is 0.976. The summed E-state index contributed by atoms with van der Waals surface area (Å²) in [6.07, 6.45) is 3.09. The molecule has 1 saturated heterocycles. The minimum absolute atomic E-state index is 0.0310. The molecule has 1 aliphatic heterocycles. The predicted molar refractivity (Wildman–Crippen MR) is 70.0 cm³/mol. The maximum absolute atomic E-state index is 9.22. The number of nitrogens with zero attached hydrogens (tertiary/aromatic N) is 1. The van der Waals surface area contributed by atoms with Gasteiger partial charge < -0.3 is 15.6 Å². The van der Waals surface area contributed by atoms with Gasteiger partial charge in [-0.1, -0.05) is 0 Å². The van der Waals surface area contributed by atoms with Crippen molar-refractivity contribution in [2.75, 3.05) is 26.8 Å². The van der Waals surface area contributed by atoms with Crippen LogP contribution in [0.25, 0.3) is 0 Å². The largest absolute Gasteiger partial charge is 0.394 e. The summed E-state index contributed by atoms with van der Waals surface area (Å²) in [5.74, 6) is 0. The Morgan fingerprint density at radius 1 is 1.59 bits per heavy atom. The maximum Gasteiger partial charge on any atom is 0.0777 e. The van der Waals surface area contributed by atoms with Crippen LogP contribution in [-0.4, -0.2) is 54.0 Å². The molecule has 0 aromatic rings. The van der Waals surface area contributed by atoms with E-state index < -0.39 is 5.54 Å². The van der Waals surface area contributed by atoms with E-state index in [9.17, 15) is 5.11 Å². The van der Waals surface area contributed by atoms with E-state index in [1.54, 1.807) is 7.11 Å². The number of ether oxygens (including phenoxy) is 1. The first-order chi connectivity index (χ1) is 7.82. The van der Waals surface area contributed by atoms with Gasteiger partial charge in [0.2, 0.25) is 0 Å². The van der Waals surface area contributed by atoms with Crippen molar-refractivity contribution in [3.8, 4) is 0 Å². The number of likely N-dealkylation sites (tertiary alicyclic amines) is 1. The summed E-state index contributed by atoms with van der Waals surface area (Å²) in [6.45, 7) is 8.34. The van der Waals surface area contributed by atoms with Crippen molar-refractivity contribution in [2.24, 2.45) is 5.73 Å². The minimum Gasteiger partial charge on any atom is -0.394 e. The lowest BCUT2D eigenvalue weighted by Crippen LogP contribution is -2.53. The smallest absolute Gasteiger partial charge is 0.0777 e. The molecule has 0 aromatic heterocycles. The normalized spacial score (nSPS) is 32.1. The molecule has 4 heteroatoms. The fraction of sp³-hybridized carbons (Fsp3) is 1.00. The Morgan fingerprint density at radius 2 is 2.24 bits per heavy atom. The van der Waals surface area contributed by atoms with Crippen LogP contribution in [-0.2, 0) is 4.74 Å². The molecule has 0 aromatic carbocycles. The second-order valence-electron chi connectivity index (χ2n) is 6.09. The molecule has 0 saturated carbocycles. The van der Waals surface area contributed by atoms with E-state index in [1.807, 2.05) is 6.92 Å². The molecular weight excluding hydrogens is 216 g/mol. The van der Waals surface area contributed by atoms with Crippen LogP contribution in [0.4, 0.5) is 0 Å². The van der Waals surface area contributed by atoms with E-state index in [0.717, 1.165) is 32.4 Å². The summed E-state index contributed by atoms with van der Waals surface area (Å²) in [5, 5.41) is 9.22. The number of aliphatic hydroxyl groups excluding tert-OH is 1. The van der Waals surface area contributed by atoms with Gasteiger partial charge in [0.25, 0.3) is 0 Å². The molecule has 3 atom stereocenters. The summed E-state index contributed by atoms with van der Waals surface area (Å²) in [5.41, 5.74) is 5.50. The summed E-state index contributed by atoms with van der Waals surface area (Å²) in [7, 11) is 1.79. The zero-order valence-electron chi connectivity index (χ0n) is 11.7. The molecule has 0 bridgehead atoms. The van der Waals surface area contributed by atoms with Crippen molar-refractivity contribution in [2.45, 2.75) is 57.2 Å². The third-order valence-electron chi connectivity index (χ3n) is 3.93. The highest BCUT2D eigenvalue weighted by molar-refractivity contribution is 4.90. The Morgan fingerprint density at radius 3 is 2.76 bits per heavy atom. The first kappa shape index (κ1) is 14.9. The van der Waals surface area contributed by atoms with E-state index in [1.165, 1.54) is 0 Å². The van der Waals surface area contributed by atoms with Crippen LogP contribution in [0.3, 0.4) is 0 Å². The Labute approximate surface area is 105 Å². The van der Waals surface area contributed by atoms with Gasteiger partial charge in [0.05, 0.1) is 12.2 Å². The van der Waals surface area contributed by atoms with Crippen LogP contribution in [0.15, 0.2) is 0 Å². The minimum atomic E-state index is -0.486. The van der Waals surface area contributed by atoms with Gasteiger partial charge in [0.1, 0.15) is 0 Å². The molecule has 1 rings (SSSR count). The lowest BCUT2D eigenvalue weighted by Gasteiger charge is -2.43. The quantitative estimate of drug-likeness (QED) is 0.757. The number of aliphatic hydroxyl groups is 1. The molecule has 3 N–H and O–H groups in total. The monoisotopic (exact) mass is 244 g/mol. The maximum atomic E-state index is 9.22. The molecule has 1 aliphatic rings. The Bertz CT molecular complexity index is 246. The van der Waals surface area contributed by atoms with Crippen molar-refractivity contribution in [3.63, 3.8) is 0 Å². The second-order valence-corrected chi connectivity index (χ2v) is 6.09. The highest BCUT2D eigenvalue weighted by Crippen LogP contribution is 2.26. The van der Waals surface area contributed by atoms with E-state index in [2.05, 4.69) is 18.7 Å². The highest BCUT2D eigenvalue weighted by Gasteiger charge is 2.34. The van der Waals surface area contributed by atoms with Crippen LogP contribution in [0.2, 0.25) is 0 Å². The lowest BCUT2D eigenvalue weighted by molar-refractivity contribution is -0.0624. The number of piperidine rings is 1. The van der Waals surface area contributed by atoms with Crippen molar-refractivity contribution in [1.29, 1.82) is 0 Å². The summed E-state index contributed by atoms with van der Waals surface area (Å²) < 4.78 is 5.59. The summed E-state index contributed by atoms with van der Waals surface area (Å²) in [4.78, 5) is 2.42. The zero-order valence-corrected chi connectivity index (χ0v) is 11.7. The topological polar surface area (TPSA) is 58.7 Å². The van der Waals surface area contributed by atoms with Gasteiger partial charge in [-0.3, -0.25) is 4.90 Å². The van der Waals surface area contributed by atoms with E-state index in [-0.39, 0.29) is 12.2 Å². The average molecular weight is 244 g/mol. The SMILES string of the molecule is COC1(C)CCCN(C(C)CC(C)(N)CO)C1. The van der Waals surface area contributed by atoms with Crippen molar-refractivity contribution < 1.29 is 9.84 Å². The Hall–Kier alpha value is -0.160. The standard InChI is InChI=1S/C13H28N2O2/c1-11(8-12(2,14)10-16)15-7-5-6-13(3,9-15)17-4/h11,16H,5-10,14H2,1-4H3. The van der Waals surface area contributed by atoms with Crippen LogP contribution < -0.4 is 5.73 Å². The van der Waals surface area contributed by atoms with Gasteiger partial charge in [-0.2, -0.15) is 0 Å². The van der Waals surface area contributed by atoms with Crippen molar-refractivity contribution in [3.05, 3.63) is 0 Å². The van der Waals surface area contributed by atoms with Crippen LogP contribution in [0.5, 0.6) is 0 Å². The fourth-order valence-corrected chi connectivity index (χ4v) is 2.66. The average Bonchev–Trinajstić information content (AvgIpc) is 2.28. The Kier molecular flexibility index (Phi) is 4.95. The number of hydrogen-bond donors (Lipinski definition) is 2. The number of hydrogen-bond acceptors (Lipinski definition) is 4. The molecule has 102 valence electrons. The van der Waals surface area contributed by atoms with Gasteiger partial charge in [-0.15, -0.1) is 0 Å². The van der Waals surface area contributed by atoms with Gasteiger partial charge in [-0.25, -0.2) is 0 Å². The summed E-state index contributed by atoms with van der Waals surface area (Å²) in [6, 6.07) is 0.381. The molecule has 1 heterocycles. The first-order valence-corrected chi connectivity index (χ1v) is 6.51. The fourth-order valence-electron chi connectivity index (χ4n) is 2.66. The van der Waals surface area contributed by atoms with Crippen LogP contribution >= 0.6 is 0 Å². The molecular formula is C13H28N2O2. The van der Waals surface area contributed by atoms with Gasteiger partial charge in [0, 0.05) is 25.2 Å². The molecule has 0 amide bonds. The van der Waals surface area contributed by atoms with E-state index >= 15 is 0 Å². The molecule has 0 spiro atoms.